The van der Waals surface area contributed by atoms with Gasteiger partial charge in [0.1, 0.15) is 0 Å². The van der Waals surface area contributed by atoms with Crippen LogP contribution in [0.25, 0.3) is 0 Å². The van der Waals surface area contributed by atoms with E-state index in [9.17, 15) is 9.59 Å². The molecule has 1 aromatic carbocycles. The zero-order chi connectivity index (χ0) is 18.5. The number of unbranched alkanes of at least 4 members (excludes halogenated alkanes) is 1. The molecule has 1 aliphatic heterocycles. The lowest BCUT2D eigenvalue weighted by atomic mass is 9.91. The molecule has 1 saturated heterocycles. The van der Waals surface area contributed by atoms with Gasteiger partial charge in [0.05, 0.1) is 5.92 Å². The Kier molecular flexibility index (Phi) is 6.30. The molecule has 2 fully saturated rings. The summed E-state index contributed by atoms with van der Waals surface area (Å²) in [5, 5.41) is 3.13. The van der Waals surface area contributed by atoms with Crippen LogP contribution in [0.2, 0.25) is 0 Å². The number of amides is 2. The van der Waals surface area contributed by atoms with E-state index < -0.39 is 0 Å². The van der Waals surface area contributed by atoms with E-state index in [2.05, 4.69) is 24.4 Å². The maximum absolute atomic E-state index is 12.6. The highest BCUT2D eigenvalue weighted by Gasteiger charge is 2.36. The Morgan fingerprint density at radius 2 is 1.88 bits per heavy atom. The van der Waals surface area contributed by atoms with E-state index in [0.717, 1.165) is 37.8 Å². The molecular weight excluding hydrogens is 326 g/mol. The number of benzene rings is 1. The van der Waals surface area contributed by atoms with E-state index in [1.54, 1.807) is 4.90 Å². The van der Waals surface area contributed by atoms with Crippen LogP contribution in [0.5, 0.6) is 0 Å². The van der Waals surface area contributed by atoms with Gasteiger partial charge in [-0.15, -0.1) is 0 Å². The normalized spacial score (nSPS) is 26.2. The number of carbonyl (C=O) groups excluding carboxylic acids is 2. The van der Waals surface area contributed by atoms with Crippen molar-refractivity contribution in [3.63, 3.8) is 0 Å². The Morgan fingerprint density at radius 3 is 2.54 bits per heavy atom. The Hall–Kier alpha value is -1.88. The predicted octanol–water partition coefficient (Wildman–Crippen LogP) is 2.77. The van der Waals surface area contributed by atoms with Crippen molar-refractivity contribution in [3.05, 3.63) is 29.8 Å². The minimum Gasteiger partial charge on any atom is -0.353 e. The number of anilines is 1. The Labute approximate surface area is 156 Å². The fraction of sp³-hybridized carbons (Fsp3) is 0.619. The topological polar surface area (TPSA) is 75.4 Å². The average Bonchev–Trinajstić information content (AvgIpc) is 3.04. The number of nitrogens with two attached hydrogens (primary N) is 1. The average molecular weight is 357 g/mol. The molecule has 1 aliphatic carbocycles. The fourth-order valence-corrected chi connectivity index (χ4v) is 3.94. The summed E-state index contributed by atoms with van der Waals surface area (Å²) in [7, 11) is 0. The number of aryl methyl sites for hydroxylation is 1. The van der Waals surface area contributed by atoms with E-state index in [-0.39, 0.29) is 29.8 Å². The number of hydrogen-bond acceptors (Lipinski definition) is 3. The highest BCUT2D eigenvalue weighted by molar-refractivity contribution is 6.00. The minimum absolute atomic E-state index is 0.0147. The van der Waals surface area contributed by atoms with Crippen molar-refractivity contribution < 1.29 is 9.59 Å². The molecule has 1 aromatic rings. The molecule has 0 spiro atoms. The largest absolute Gasteiger partial charge is 0.353 e. The first-order valence-electron chi connectivity index (χ1n) is 10.0. The lowest BCUT2D eigenvalue weighted by molar-refractivity contribution is -0.127. The summed E-state index contributed by atoms with van der Waals surface area (Å²) in [5.74, 6) is -0.198. The van der Waals surface area contributed by atoms with Gasteiger partial charge in [0, 0.05) is 30.7 Å². The van der Waals surface area contributed by atoms with Crippen molar-refractivity contribution in [1.82, 2.24) is 5.32 Å². The molecule has 0 aromatic heterocycles. The zero-order valence-corrected chi connectivity index (χ0v) is 15.7. The van der Waals surface area contributed by atoms with Crippen molar-refractivity contribution in [3.8, 4) is 0 Å². The second kappa shape index (κ2) is 8.67. The maximum Gasteiger partial charge on any atom is 0.227 e. The quantitative estimate of drug-likeness (QED) is 0.822. The van der Waals surface area contributed by atoms with Crippen LogP contribution in [0, 0.1) is 5.92 Å². The van der Waals surface area contributed by atoms with Gasteiger partial charge in [-0.3, -0.25) is 9.59 Å². The van der Waals surface area contributed by atoms with Crippen molar-refractivity contribution in [2.24, 2.45) is 11.7 Å². The summed E-state index contributed by atoms with van der Waals surface area (Å²) in [5.41, 5.74) is 8.12. The molecular formula is C21H31N3O2. The molecule has 5 nitrogen and oxygen atoms in total. The highest BCUT2D eigenvalue weighted by Crippen LogP contribution is 2.26. The van der Waals surface area contributed by atoms with Crippen molar-refractivity contribution >= 4 is 17.5 Å². The van der Waals surface area contributed by atoms with E-state index in [4.69, 9.17) is 5.73 Å². The minimum atomic E-state index is -0.252. The van der Waals surface area contributed by atoms with E-state index in [1.165, 1.54) is 18.4 Å². The molecule has 26 heavy (non-hydrogen) atoms. The van der Waals surface area contributed by atoms with E-state index >= 15 is 0 Å². The second-order valence-corrected chi connectivity index (χ2v) is 7.80. The van der Waals surface area contributed by atoms with Gasteiger partial charge in [0.25, 0.3) is 0 Å². The van der Waals surface area contributed by atoms with Gasteiger partial charge in [0.15, 0.2) is 0 Å². The van der Waals surface area contributed by atoms with Crippen molar-refractivity contribution in [1.29, 1.82) is 0 Å². The lowest BCUT2D eigenvalue weighted by Crippen LogP contribution is -2.43. The van der Waals surface area contributed by atoms with Crippen LogP contribution in [-0.4, -0.2) is 30.4 Å². The van der Waals surface area contributed by atoms with Crippen LogP contribution in [0.1, 0.15) is 57.4 Å². The third-order valence-corrected chi connectivity index (χ3v) is 5.68. The summed E-state index contributed by atoms with van der Waals surface area (Å²) in [6, 6.07) is 8.68. The Bertz CT molecular complexity index is 621. The maximum atomic E-state index is 12.6. The number of nitrogens with zero attached hydrogens (tertiary/aromatic N) is 1. The van der Waals surface area contributed by atoms with Crippen LogP contribution < -0.4 is 16.0 Å². The van der Waals surface area contributed by atoms with Crippen LogP contribution in [-0.2, 0) is 16.0 Å². The van der Waals surface area contributed by atoms with Crippen LogP contribution in [0.3, 0.4) is 0 Å². The molecule has 142 valence electrons. The summed E-state index contributed by atoms with van der Waals surface area (Å²) >= 11 is 0. The molecule has 3 rings (SSSR count). The third kappa shape index (κ3) is 4.64. The summed E-state index contributed by atoms with van der Waals surface area (Å²) in [6.07, 6.45) is 7.53. The number of nitrogens with one attached hydrogen (secondary N) is 1. The van der Waals surface area contributed by atoms with Crippen LogP contribution >= 0.6 is 0 Å². The highest BCUT2D eigenvalue weighted by atomic mass is 16.2. The third-order valence-electron chi connectivity index (χ3n) is 5.68. The monoisotopic (exact) mass is 357 g/mol. The van der Waals surface area contributed by atoms with E-state index in [1.807, 2.05) is 12.1 Å². The van der Waals surface area contributed by atoms with Crippen molar-refractivity contribution in [2.45, 2.75) is 70.4 Å². The smallest absolute Gasteiger partial charge is 0.227 e. The number of hydrogen-bond donors (Lipinski definition) is 2. The summed E-state index contributed by atoms with van der Waals surface area (Å²) in [6.45, 7) is 2.66. The summed E-state index contributed by atoms with van der Waals surface area (Å²) in [4.78, 5) is 26.7. The molecule has 1 saturated carbocycles. The molecule has 1 unspecified atom stereocenters. The van der Waals surface area contributed by atoms with Gasteiger partial charge in [-0.05, 0) is 56.2 Å². The molecule has 2 aliphatic rings. The first kappa shape index (κ1) is 18.9. The molecule has 5 heteroatoms. The van der Waals surface area contributed by atoms with E-state index in [0.29, 0.717) is 13.0 Å². The molecule has 1 heterocycles. The predicted molar refractivity (Wildman–Crippen MR) is 104 cm³/mol. The molecule has 3 N–H and O–H groups in total. The molecule has 1 atom stereocenters. The van der Waals surface area contributed by atoms with Gasteiger partial charge in [-0.2, -0.15) is 0 Å². The standard InChI is InChI=1S/C21H31N3O2/c1-2-3-4-15-5-11-19(12-6-15)24-14-16(13-20(24)25)21(26)23-18-9-7-17(22)8-10-18/h5-6,11-12,16-18H,2-4,7-10,13-14,22H2,1H3,(H,23,26). The Morgan fingerprint density at radius 1 is 1.19 bits per heavy atom. The van der Waals surface area contributed by atoms with Gasteiger partial charge in [0.2, 0.25) is 11.8 Å². The fourth-order valence-electron chi connectivity index (χ4n) is 3.94. The van der Waals surface area contributed by atoms with Gasteiger partial charge < -0.3 is 16.0 Å². The first-order valence-corrected chi connectivity index (χ1v) is 10.0. The van der Waals surface area contributed by atoms with Crippen molar-refractivity contribution in [2.75, 3.05) is 11.4 Å². The molecule has 0 bridgehead atoms. The van der Waals surface area contributed by atoms with Gasteiger partial charge >= 0.3 is 0 Å². The first-order chi connectivity index (χ1) is 12.6. The van der Waals surface area contributed by atoms with Gasteiger partial charge in [-0.1, -0.05) is 25.5 Å². The second-order valence-electron chi connectivity index (χ2n) is 7.80. The Balaban J connectivity index is 1.55. The lowest BCUT2D eigenvalue weighted by Gasteiger charge is -2.27. The molecule has 0 radical (unpaired) electrons. The van der Waals surface area contributed by atoms with Crippen LogP contribution in [0.15, 0.2) is 24.3 Å². The SMILES string of the molecule is CCCCc1ccc(N2CC(C(=O)NC3CCC(N)CC3)CC2=O)cc1. The van der Waals surface area contributed by atoms with Gasteiger partial charge in [-0.25, -0.2) is 0 Å². The van der Waals surface area contributed by atoms with Crippen LogP contribution in [0.4, 0.5) is 5.69 Å². The zero-order valence-electron chi connectivity index (χ0n) is 15.7. The summed E-state index contributed by atoms with van der Waals surface area (Å²) < 4.78 is 0. The number of carbonyl (C=O) groups is 2. The molecule has 2 amide bonds. The number of rotatable bonds is 6.